The third kappa shape index (κ3) is 6.96. The van der Waals surface area contributed by atoms with Gasteiger partial charge in [0.05, 0.1) is 0 Å². The molecule has 2 rings (SSSR count). The van der Waals surface area contributed by atoms with Gasteiger partial charge in [-0.15, -0.1) is 12.8 Å². The number of hydrogen-bond acceptors (Lipinski definition) is 0. The van der Waals surface area contributed by atoms with E-state index in [0.717, 1.165) is 12.8 Å². The summed E-state index contributed by atoms with van der Waals surface area (Å²) in [5.41, 5.74) is 1.37. The Hall–Kier alpha value is -0.417. The topological polar surface area (TPSA) is 0 Å². The van der Waals surface area contributed by atoms with E-state index in [-0.39, 0.29) is 19.5 Å². The fourth-order valence-electron chi connectivity index (χ4n) is 1.46. The Balaban J connectivity index is 0.000000267. The van der Waals surface area contributed by atoms with Crippen LogP contribution in [0.25, 0.3) is 0 Å². The van der Waals surface area contributed by atoms with Gasteiger partial charge in [-0.05, 0) is 0 Å². The van der Waals surface area contributed by atoms with Gasteiger partial charge in [0.2, 0.25) is 0 Å². The van der Waals surface area contributed by atoms with Gasteiger partial charge < -0.3 is 0 Å². The summed E-state index contributed by atoms with van der Waals surface area (Å²) in [5.74, 6) is 0.661. The van der Waals surface area contributed by atoms with Crippen molar-refractivity contribution in [2.45, 2.75) is 39.5 Å². The van der Waals surface area contributed by atoms with Gasteiger partial charge in [0.15, 0.2) is 0 Å². The first kappa shape index (κ1) is 15.6. The Labute approximate surface area is 113 Å². The first-order valence-corrected chi connectivity index (χ1v) is 5.79. The van der Waals surface area contributed by atoms with Crippen LogP contribution in [-0.2, 0) is 19.5 Å². The minimum atomic E-state index is 0. The Morgan fingerprint density at radius 3 is 2.62 bits per heavy atom. The van der Waals surface area contributed by atoms with Crippen molar-refractivity contribution >= 4 is 0 Å². The second-order valence-electron chi connectivity index (χ2n) is 4.08. The van der Waals surface area contributed by atoms with E-state index < -0.39 is 0 Å². The SMILES string of the molecule is CC(C)C1=[C-]CC=C1.[C-]1=CC=CCCC1.[Ru+2]. The van der Waals surface area contributed by atoms with E-state index in [0.29, 0.717) is 5.92 Å². The standard InChI is InChI=1S/C8H11.C7H9.Ru/c1-7(2)8-5-3-4-6-8;1-2-4-6-7-5-3-1;/h3,5,7H,4H2,1-2H3;1-3H,4,6-7H2;/q2*-1;+2. The maximum Gasteiger partial charge on any atom is 2.00 e. The second kappa shape index (κ2) is 9.78. The van der Waals surface area contributed by atoms with E-state index in [9.17, 15) is 0 Å². The van der Waals surface area contributed by atoms with Crippen molar-refractivity contribution < 1.29 is 19.5 Å². The van der Waals surface area contributed by atoms with Crippen LogP contribution in [0.3, 0.4) is 0 Å². The molecule has 0 radical (unpaired) electrons. The molecule has 0 saturated carbocycles. The molecule has 0 fully saturated rings. The molecule has 0 bridgehead atoms. The second-order valence-corrected chi connectivity index (χ2v) is 4.08. The zero-order valence-electron chi connectivity index (χ0n) is 10.1. The Morgan fingerprint density at radius 2 is 2.06 bits per heavy atom. The van der Waals surface area contributed by atoms with Crippen molar-refractivity contribution in [3.63, 3.8) is 0 Å². The van der Waals surface area contributed by atoms with Gasteiger partial charge in [0.1, 0.15) is 0 Å². The quantitative estimate of drug-likeness (QED) is 0.497. The Kier molecular flexibility index (Phi) is 9.53. The van der Waals surface area contributed by atoms with Crippen LogP contribution < -0.4 is 0 Å². The minimum Gasteiger partial charge on any atom is -0.275 e. The zero-order valence-corrected chi connectivity index (χ0v) is 11.9. The van der Waals surface area contributed by atoms with Crippen LogP contribution in [0.15, 0.2) is 36.0 Å². The first-order valence-electron chi connectivity index (χ1n) is 5.79. The van der Waals surface area contributed by atoms with Crippen LogP contribution in [0.4, 0.5) is 0 Å². The Bertz CT molecular complexity index is 268. The van der Waals surface area contributed by atoms with Crippen molar-refractivity contribution in [2.24, 2.45) is 5.92 Å². The van der Waals surface area contributed by atoms with Crippen LogP contribution in [0, 0.1) is 18.1 Å². The predicted octanol–water partition coefficient (Wildman–Crippen LogP) is 4.42. The fraction of sp³-hybridized carbons (Fsp3) is 0.467. The summed E-state index contributed by atoms with van der Waals surface area (Å²) in [4.78, 5) is 0. The molecular formula is C15H20Ru. The van der Waals surface area contributed by atoms with Crippen LogP contribution in [-0.4, -0.2) is 0 Å². The van der Waals surface area contributed by atoms with Gasteiger partial charge >= 0.3 is 19.5 Å². The summed E-state index contributed by atoms with van der Waals surface area (Å²) in [6, 6.07) is 0. The fourth-order valence-corrected chi connectivity index (χ4v) is 1.46. The molecule has 0 spiro atoms. The number of rotatable bonds is 1. The predicted molar refractivity (Wildman–Crippen MR) is 66.2 cm³/mol. The van der Waals surface area contributed by atoms with Crippen LogP contribution in [0.2, 0.25) is 0 Å². The molecule has 0 aromatic rings. The Morgan fingerprint density at radius 1 is 1.25 bits per heavy atom. The average molecular weight is 301 g/mol. The van der Waals surface area contributed by atoms with E-state index in [1.165, 1.54) is 18.4 Å². The summed E-state index contributed by atoms with van der Waals surface area (Å²) < 4.78 is 0. The summed E-state index contributed by atoms with van der Waals surface area (Å²) in [6.07, 6.45) is 21.6. The zero-order chi connectivity index (χ0) is 10.9. The van der Waals surface area contributed by atoms with Gasteiger partial charge in [0, 0.05) is 0 Å². The molecule has 0 nitrogen and oxygen atoms in total. The smallest absolute Gasteiger partial charge is 0.275 e. The summed E-state index contributed by atoms with van der Waals surface area (Å²) in [5, 5.41) is 0. The molecule has 0 atom stereocenters. The number of allylic oxidation sites excluding steroid dienone is 8. The third-order valence-electron chi connectivity index (χ3n) is 2.39. The molecule has 0 aliphatic heterocycles. The van der Waals surface area contributed by atoms with Crippen molar-refractivity contribution in [1.29, 1.82) is 0 Å². The minimum absolute atomic E-state index is 0. The maximum atomic E-state index is 3.26. The van der Waals surface area contributed by atoms with Gasteiger partial charge in [-0.1, -0.05) is 32.6 Å². The summed E-state index contributed by atoms with van der Waals surface area (Å²) >= 11 is 0. The molecule has 1 heteroatoms. The van der Waals surface area contributed by atoms with Gasteiger partial charge in [-0.25, -0.2) is 23.8 Å². The van der Waals surface area contributed by atoms with Crippen LogP contribution in [0.1, 0.15) is 39.5 Å². The van der Waals surface area contributed by atoms with E-state index >= 15 is 0 Å². The van der Waals surface area contributed by atoms with E-state index in [2.05, 4.69) is 50.3 Å². The van der Waals surface area contributed by atoms with Crippen molar-refractivity contribution in [1.82, 2.24) is 0 Å². The number of hydrogen-bond donors (Lipinski definition) is 0. The van der Waals surface area contributed by atoms with E-state index in [4.69, 9.17) is 0 Å². The third-order valence-corrected chi connectivity index (χ3v) is 2.39. The van der Waals surface area contributed by atoms with Gasteiger partial charge in [-0.3, -0.25) is 12.2 Å². The molecule has 0 aromatic carbocycles. The maximum absolute atomic E-state index is 3.26. The summed E-state index contributed by atoms with van der Waals surface area (Å²) in [7, 11) is 0. The molecule has 0 N–H and O–H groups in total. The molecule has 0 aromatic heterocycles. The molecule has 2 aliphatic carbocycles. The molecule has 0 heterocycles. The van der Waals surface area contributed by atoms with Gasteiger partial charge in [0.25, 0.3) is 0 Å². The molecule has 88 valence electrons. The molecule has 0 saturated heterocycles. The van der Waals surface area contributed by atoms with Crippen molar-refractivity contribution in [2.75, 3.05) is 0 Å². The van der Waals surface area contributed by atoms with E-state index in [1.807, 2.05) is 6.08 Å². The van der Waals surface area contributed by atoms with Crippen LogP contribution >= 0.6 is 0 Å². The van der Waals surface area contributed by atoms with Crippen molar-refractivity contribution in [3.8, 4) is 0 Å². The molecule has 0 amide bonds. The molecule has 2 aliphatic rings. The molecule has 16 heavy (non-hydrogen) atoms. The average Bonchev–Trinajstić information content (AvgIpc) is 2.60. The monoisotopic (exact) mass is 302 g/mol. The largest absolute Gasteiger partial charge is 2.00 e. The normalized spacial score (nSPS) is 17.3. The van der Waals surface area contributed by atoms with Gasteiger partial charge in [-0.2, -0.15) is 12.2 Å². The first-order chi connectivity index (χ1) is 7.30. The van der Waals surface area contributed by atoms with Crippen LogP contribution in [0.5, 0.6) is 0 Å². The van der Waals surface area contributed by atoms with Crippen molar-refractivity contribution in [3.05, 3.63) is 48.1 Å². The molecular weight excluding hydrogens is 281 g/mol. The molecule has 0 unspecified atom stereocenters. The summed E-state index contributed by atoms with van der Waals surface area (Å²) in [6.45, 7) is 4.38. The van der Waals surface area contributed by atoms with E-state index in [1.54, 1.807) is 0 Å².